The highest BCUT2D eigenvalue weighted by Crippen LogP contribution is 2.14. The van der Waals surface area contributed by atoms with E-state index in [-0.39, 0.29) is 17.3 Å². The zero-order chi connectivity index (χ0) is 17.6. The third kappa shape index (κ3) is 4.81. The highest BCUT2D eigenvalue weighted by atomic mass is 32.2. The van der Waals surface area contributed by atoms with Crippen LogP contribution in [0.4, 0.5) is 0 Å². The Morgan fingerprint density at radius 3 is 2.54 bits per heavy atom. The molecule has 6 nitrogen and oxygen atoms in total. The second-order valence-corrected chi connectivity index (χ2v) is 7.03. The van der Waals surface area contributed by atoms with E-state index in [4.69, 9.17) is 15.9 Å². The zero-order valence-electron chi connectivity index (χ0n) is 13.5. The topological polar surface area (TPSA) is 105 Å². The van der Waals surface area contributed by atoms with Crippen LogP contribution in [0.5, 0.6) is 5.75 Å². The molecule has 0 unspecified atom stereocenters. The van der Waals surface area contributed by atoms with Crippen molar-refractivity contribution in [3.8, 4) is 5.75 Å². The quantitative estimate of drug-likeness (QED) is 0.503. The van der Waals surface area contributed by atoms with Gasteiger partial charge in [0.05, 0.1) is 11.5 Å². The van der Waals surface area contributed by atoms with Crippen LogP contribution in [0.3, 0.4) is 0 Å². The lowest BCUT2D eigenvalue weighted by atomic mass is 10.2. The van der Waals surface area contributed by atoms with Crippen molar-refractivity contribution >= 4 is 15.9 Å². The van der Waals surface area contributed by atoms with E-state index in [9.17, 15) is 8.42 Å². The molecule has 0 fully saturated rings. The number of rotatable bonds is 8. The monoisotopic (exact) mass is 347 g/mol. The van der Waals surface area contributed by atoms with Crippen molar-refractivity contribution in [1.82, 2.24) is 4.72 Å². The largest absolute Gasteiger partial charge is 0.494 e. The Morgan fingerprint density at radius 2 is 1.92 bits per heavy atom. The summed E-state index contributed by atoms with van der Waals surface area (Å²) in [4.78, 5) is 0.0816. The van der Waals surface area contributed by atoms with Crippen LogP contribution < -0.4 is 15.2 Å². The Morgan fingerprint density at radius 1 is 1.21 bits per heavy atom. The molecule has 0 aliphatic rings. The molecule has 0 saturated carbocycles. The summed E-state index contributed by atoms with van der Waals surface area (Å²) in [5, 5.41) is 7.39. The summed E-state index contributed by atoms with van der Waals surface area (Å²) < 4.78 is 32.7. The number of benzene rings is 2. The van der Waals surface area contributed by atoms with E-state index < -0.39 is 10.0 Å². The average molecular weight is 347 g/mol. The van der Waals surface area contributed by atoms with Crippen LogP contribution in [0.2, 0.25) is 0 Å². The van der Waals surface area contributed by atoms with E-state index in [1.54, 1.807) is 12.1 Å². The van der Waals surface area contributed by atoms with Crippen LogP contribution in [0.25, 0.3) is 0 Å². The van der Waals surface area contributed by atoms with Crippen LogP contribution >= 0.6 is 0 Å². The van der Waals surface area contributed by atoms with Crippen molar-refractivity contribution in [1.29, 1.82) is 5.41 Å². The maximum atomic E-state index is 12.3. The van der Waals surface area contributed by atoms with E-state index in [0.717, 1.165) is 17.7 Å². The molecule has 0 saturated heterocycles. The van der Waals surface area contributed by atoms with Gasteiger partial charge in [0.2, 0.25) is 10.0 Å². The van der Waals surface area contributed by atoms with Gasteiger partial charge in [-0.3, -0.25) is 5.41 Å². The minimum Gasteiger partial charge on any atom is -0.494 e. The fourth-order valence-corrected chi connectivity index (χ4v) is 3.08. The van der Waals surface area contributed by atoms with Crippen molar-refractivity contribution in [3.63, 3.8) is 0 Å². The molecule has 0 aromatic heterocycles. The normalized spacial score (nSPS) is 11.2. The highest BCUT2D eigenvalue weighted by molar-refractivity contribution is 7.89. The molecule has 2 rings (SSSR count). The highest BCUT2D eigenvalue weighted by Gasteiger charge is 2.14. The van der Waals surface area contributed by atoms with Crippen molar-refractivity contribution in [3.05, 3.63) is 59.7 Å². The molecule has 0 atom stereocenters. The third-order valence-electron chi connectivity index (χ3n) is 3.32. The summed E-state index contributed by atoms with van der Waals surface area (Å²) in [6.07, 6.45) is 0.931. The standard InChI is InChI=1S/C17H21N3O3S/c1-2-10-23-15-8-6-13(7-9-15)12-20-24(21,22)16-5-3-4-14(11-16)17(18)19/h3-9,11,20H,2,10,12H2,1H3,(H3,18,19). The molecular weight excluding hydrogens is 326 g/mol. The first-order chi connectivity index (χ1) is 11.4. The van der Waals surface area contributed by atoms with E-state index in [0.29, 0.717) is 12.2 Å². The first-order valence-corrected chi connectivity index (χ1v) is 9.06. The van der Waals surface area contributed by atoms with E-state index in [1.165, 1.54) is 12.1 Å². The first-order valence-electron chi connectivity index (χ1n) is 7.58. The lowest BCUT2D eigenvalue weighted by Crippen LogP contribution is -2.23. The summed E-state index contributed by atoms with van der Waals surface area (Å²) in [6.45, 7) is 2.85. The number of hydrogen-bond donors (Lipinski definition) is 3. The maximum absolute atomic E-state index is 12.3. The SMILES string of the molecule is CCCOc1ccc(CNS(=O)(=O)c2cccc(C(=N)N)c2)cc1. The van der Waals surface area contributed by atoms with Crippen molar-refractivity contribution in [2.45, 2.75) is 24.8 Å². The zero-order valence-corrected chi connectivity index (χ0v) is 14.3. The number of hydrogen-bond acceptors (Lipinski definition) is 4. The van der Waals surface area contributed by atoms with Gasteiger partial charge in [-0.2, -0.15) is 0 Å². The number of amidine groups is 1. The van der Waals surface area contributed by atoms with Gasteiger partial charge in [-0.25, -0.2) is 13.1 Å². The Kier molecular flexibility index (Phi) is 5.94. The molecule has 2 aromatic carbocycles. The van der Waals surface area contributed by atoms with Crippen molar-refractivity contribution < 1.29 is 13.2 Å². The molecule has 128 valence electrons. The lowest BCUT2D eigenvalue weighted by Gasteiger charge is -2.09. The minimum absolute atomic E-state index is 0.0816. The Labute approximate surface area is 142 Å². The maximum Gasteiger partial charge on any atom is 0.240 e. The summed E-state index contributed by atoms with van der Waals surface area (Å²) in [6, 6.07) is 13.3. The molecule has 0 amide bonds. The van der Waals surface area contributed by atoms with Crippen LogP contribution in [0, 0.1) is 5.41 Å². The Balaban J connectivity index is 2.04. The summed E-state index contributed by atoms with van der Waals surface area (Å²) in [5.74, 6) is 0.590. The van der Waals surface area contributed by atoms with Gasteiger partial charge in [-0.1, -0.05) is 31.2 Å². The predicted octanol–water partition coefficient (Wildman–Crippen LogP) is 2.24. The van der Waals surface area contributed by atoms with E-state index in [1.807, 2.05) is 31.2 Å². The molecule has 24 heavy (non-hydrogen) atoms. The van der Waals surface area contributed by atoms with Gasteiger partial charge in [0.1, 0.15) is 11.6 Å². The lowest BCUT2D eigenvalue weighted by molar-refractivity contribution is 0.317. The Hall–Kier alpha value is -2.38. The number of nitrogens with one attached hydrogen (secondary N) is 2. The van der Waals surface area contributed by atoms with Gasteiger partial charge in [0.15, 0.2) is 0 Å². The summed E-state index contributed by atoms with van der Waals surface area (Å²) >= 11 is 0. The molecular formula is C17H21N3O3S. The number of nitrogens with two attached hydrogens (primary N) is 1. The fraction of sp³-hybridized carbons (Fsp3) is 0.235. The van der Waals surface area contributed by atoms with Gasteiger partial charge >= 0.3 is 0 Å². The molecule has 4 N–H and O–H groups in total. The van der Waals surface area contributed by atoms with Gasteiger partial charge < -0.3 is 10.5 Å². The van der Waals surface area contributed by atoms with Crippen LogP contribution in [0.15, 0.2) is 53.4 Å². The number of sulfonamides is 1. The molecule has 2 aromatic rings. The molecule has 7 heteroatoms. The van der Waals surface area contributed by atoms with E-state index >= 15 is 0 Å². The van der Waals surface area contributed by atoms with Crippen molar-refractivity contribution in [2.24, 2.45) is 5.73 Å². The fourth-order valence-electron chi connectivity index (χ4n) is 2.02. The van der Waals surface area contributed by atoms with Gasteiger partial charge in [-0.05, 0) is 36.2 Å². The van der Waals surface area contributed by atoms with Crippen LogP contribution in [-0.2, 0) is 16.6 Å². The predicted molar refractivity (Wildman–Crippen MR) is 93.7 cm³/mol. The number of nitrogen functional groups attached to an aromatic ring is 1. The molecule has 0 aliphatic carbocycles. The van der Waals surface area contributed by atoms with E-state index in [2.05, 4.69) is 4.72 Å². The first kappa shape index (κ1) is 18.0. The molecule has 0 bridgehead atoms. The van der Waals surface area contributed by atoms with Crippen LogP contribution in [-0.4, -0.2) is 20.9 Å². The molecule has 0 spiro atoms. The third-order valence-corrected chi connectivity index (χ3v) is 4.72. The molecule has 0 aliphatic heterocycles. The minimum atomic E-state index is -3.67. The average Bonchev–Trinajstić information content (AvgIpc) is 2.59. The summed E-state index contributed by atoms with van der Waals surface area (Å²) in [7, 11) is -3.67. The Bertz CT molecular complexity index is 802. The molecule has 0 heterocycles. The smallest absolute Gasteiger partial charge is 0.240 e. The molecule has 0 radical (unpaired) electrons. The second-order valence-electron chi connectivity index (χ2n) is 5.26. The number of ether oxygens (including phenoxy) is 1. The summed E-state index contributed by atoms with van der Waals surface area (Å²) in [5.41, 5.74) is 6.59. The van der Waals surface area contributed by atoms with Gasteiger partial charge in [0.25, 0.3) is 0 Å². The van der Waals surface area contributed by atoms with Gasteiger partial charge in [0, 0.05) is 12.1 Å². The van der Waals surface area contributed by atoms with Crippen molar-refractivity contribution in [2.75, 3.05) is 6.61 Å². The van der Waals surface area contributed by atoms with Gasteiger partial charge in [-0.15, -0.1) is 0 Å². The second kappa shape index (κ2) is 7.94. The van der Waals surface area contributed by atoms with Crippen LogP contribution in [0.1, 0.15) is 24.5 Å².